The molecular weight excluding hydrogens is 182 g/mol. The molecule has 5 nitrogen and oxygen atoms in total. The van der Waals surface area contributed by atoms with Crippen molar-refractivity contribution in [1.82, 2.24) is 15.2 Å². The average molecular weight is 195 g/mol. The van der Waals surface area contributed by atoms with Gasteiger partial charge in [-0.2, -0.15) is 5.10 Å². The Morgan fingerprint density at radius 3 is 2.93 bits per heavy atom. The molecule has 2 rings (SSSR count). The fourth-order valence-electron chi connectivity index (χ4n) is 2.15. The van der Waals surface area contributed by atoms with Gasteiger partial charge in [-0.05, 0) is 12.8 Å². The van der Waals surface area contributed by atoms with Crippen LogP contribution in [0.1, 0.15) is 37.4 Å². The van der Waals surface area contributed by atoms with Gasteiger partial charge in [0, 0.05) is 5.92 Å². The summed E-state index contributed by atoms with van der Waals surface area (Å²) in [5.41, 5.74) is 0. The van der Waals surface area contributed by atoms with E-state index in [4.69, 9.17) is 5.11 Å². The fourth-order valence-corrected chi connectivity index (χ4v) is 2.15. The molecule has 1 aromatic heterocycles. The smallest absolute Gasteiger partial charge is 0.307 e. The molecule has 1 aromatic rings. The zero-order valence-corrected chi connectivity index (χ0v) is 7.81. The van der Waals surface area contributed by atoms with Crippen LogP contribution < -0.4 is 0 Å². The minimum absolute atomic E-state index is 0.0174. The summed E-state index contributed by atoms with van der Waals surface area (Å²) in [5.74, 6) is -0.274. The van der Waals surface area contributed by atoms with Crippen LogP contribution in [-0.2, 0) is 4.79 Å². The lowest BCUT2D eigenvalue weighted by Crippen LogP contribution is -2.26. The molecule has 2 N–H and O–H groups in total. The number of carbonyl (C=O) groups is 1. The first-order valence-electron chi connectivity index (χ1n) is 4.87. The standard InChI is InChI=1S/C9H13N3O2/c13-9(14)7-4-2-1-3-6(7)8-10-5-11-12-8/h5-7H,1-4H2,(H,13,14)(H,10,11,12). The van der Waals surface area contributed by atoms with Crippen molar-refractivity contribution in [2.45, 2.75) is 31.6 Å². The molecule has 1 saturated carbocycles. The summed E-state index contributed by atoms with van der Waals surface area (Å²) < 4.78 is 0. The molecule has 0 saturated heterocycles. The Labute approximate surface area is 81.6 Å². The Morgan fingerprint density at radius 1 is 1.50 bits per heavy atom. The van der Waals surface area contributed by atoms with Gasteiger partial charge in [0.05, 0.1) is 5.92 Å². The molecule has 76 valence electrons. The van der Waals surface area contributed by atoms with Crippen molar-refractivity contribution < 1.29 is 9.90 Å². The Bertz CT molecular complexity index is 310. The maximum Gasteiger partial charge on any atom is 0.307 e. The molecule has 2 unspecified atom stereocenters. The molecule has 0 amide bonds. The van der Waals surface area contributed by atoms with Gasteiger partial charge in [0.1, 0.15) is 12.2 Å². The highest BCUT2D eigenvalue weighted by atomic mass is 16.4. The third-order valence-corrected chi connectivity index (χ3v) is 2.87. The second-order valence-corrected chi connectivity index (χ2v) is 3.71. The summed E-state index contributed by atoms with van der Waals surface area (Å²) in [6, 6.07) is 0. The molecule has 1 aliphatic rings. The van der Waals surface area contributed by atoms with Crippen molar-refractivity contribution in [3.63, 3.8) is 0 Å². The van der Waals surface area contributed by atoms with Crippen LogP contribution in [0.15, 0.2) is 6.33 Å². The molecule has 0 aromatic carbocycles. The molecule has 2 atom stereocenters. The zero-order valence-electron chi connectivity index (χ0n) is 7.81. The van der Waals surface area contributed by atoms with E-state index in [0.29, 0.717) is 0 Å². The first-order chi connectivity index (χ1) is 6.79. The Kier molecular flexibility index (Phi) is 2.47. The lowest BCUT2D eigenvalue weighted by Gasteiger charge is -2.26. The maximum atomic E-state index is 11.0. The number of nitrogens with zero attached hydrogens (tertiary/aromatic N) is 2. The highest BCUT2D eigenvalue weighted by molar-refractivity contribution is 5.71. The summed E-state index contributed by atoms with van der Waals surface area (Å²) in [6.07, 6.45) is 5.16. The topological polar surface area (TPSA) is 78.9 Å². The van der Waals surface area contributed by atoms with E-state index in [-0.39, 0.29) is 11.8 Å². The molecule has 1 heterocycles. The number of rotatable bonds is 2. The van der Waals surface area contributed by atoms with Gasteiger partial charge in [0.25, 0.3) is 0 Å². The number of nitrogens with one attached hydrogen (secondary N) is 1. The minimum Gasteiger partial charge on any atom is -0.481 e. The van der Waals surface area contributed by atoms with Gasteiger partial charge in [-0.15, -0.1) is 0 Å². The van der Waals surface area contributed by atoms with E-state index in [9.17, 15) is 4.79 Å². The van der Waals surface area contributed by atoms with E-state index >= 15 is 0 Å². The van der Waals surface area contributed by atoms with E-state index in [1.807, 2.05) is 0 Å². The Hall–Kier alpha value is -1.39. The van der Waals surface area contributed by atoms with E-state index in [1.165, 1.54) is 6.33 Å². The zero-order chi connectivity index (χ0) is 9.97. The van der Waals surface area contributed by atoms with Crippen LogP contribution in [0.25, 0.3) is 0 Å². The van der Waals surface area contributed by atoms with Gasteiger partial charge in [0.15, 0.2) is 0 Å². The van der Waals surface area contributed by atoms with E-state index in [1.54, 1.807) is 0 Å². The van der Waals surface area contributed by atoms with Crippen molar-refractivity contribution in [3.05, 3.63) is 12.2 Å². The summed E-state index contributed by atoms with van der Waals surface area (Å²) in [7, 11) is 0. The van der Waals surface area contributed by atoms with E-state index in [2.05, 4.69) is 15.2 Å². The van der Waals surface area contributed by atoms with Crippen LogP contribution in [0.3, 0.4) is 0 Å². The normalized spacial score (nSPS) is 27.4. The number of aromatic nitrogens is 3. The average Bonchev–Trinajstić information content (AvgIpc) is 2.70. The number of hydrogen-bond donors (Lipinski definition) is 2. The van der Waals surface area contributed by atoms with Gasteiger partial charge in [-0.1, -0.05) is 12.8 Å². The molecular formula is C9H13N3O2. The molecule has 1 aliphatic carbocycles. The van der Waals surface area contributed by atoms with Crippen LogP contribution in [0.5, 0.6) is 0 Å². The highest BCUT2D eigenvalue weighted by Gasteiger charge is 2.33. The van der Waals surface area contributed by atoms with Crippen LogP contribution in [0, 0.1) is 5.92 Å². The second-order valence-electron chi connectivity index (χ2n) is 3.71. The van der Waals surface area contributed by atoms with Gasteiger partial charge in [-0.3, -0.25) is 9.89 Å². The lowest BCUT2D eigenvalue weighted by atomic mass is 9.79. The Morgan fingerprint density at radius 2 is 2.29 bits per heavy atom. The monoisotopic (exact) mass is 195 g/mol. The van der Waals surface area contributed by atoms with Crippen molar-refractivity contribution in [1.29, 1.82) is 0 Å². The van der Waals surface area contributed by atoms with Crippen molar-refractivity contribution in [3.8, 4) is 0 Å². The van der Waals surface area contributed by atoms with E-state index < -0.39 is 5.97 Å². The lowest BCUT2D eigenvalue weighted by molar-refractivity contribution is -0.143. The van der Waals surface area contributed by atoms with Crippen molar-refractivity contribution in [2.24, 2.45) is 5.92 Å². The molecule has 0 bridgehead atoms. The molecule has 1 fully saturated rings. The number of aromatic amines is 1. The predicted molar refractivity (Wildman–Crippen MR) is 48.7 cm³/mol. The SMILES string of the molecule is O=C(O)C1CCCCC1c1ncn[nH]1. The minimum atomic E-state index is -0.717. The summed E-state index contributed by atoms with van der Waals surface area (Å²) in [6.45, 7) is 0. The summed E-state index contributed by atoms with van der Waals surface area (Å²) >= 11 is 0. The van der Waals surface area contributed by atoms with E-state index in [0.717, 1.165) is 31.5 Å². The summed E-state index contributed by atoms with van der Waals surface area (Å²) in [4.78, 5) is 15.0. The van der Waals surface area contributed by atoms with Crippen LogP contribution in [0.2, 0.25) is 0 Å². The van der Waals surface area contributed by atoms with Gasteiger partial charge in [0.2, 0.25) is 0 Å². The predicted octanol–water partition coefficient (Wildman–Crippen LogP) is 1.16. The first kappa shape index (κ1) is 9.18. The molecule has 0 radical (unpaired) electrons. The van der Waals surface area contributed by atoms with Crippen LogP contribution in [-0.4, -0.2) is 26.3 Å². The highest BCUT2D eigenvalue weighted by Crippen LogP contribution is 2.35. The molecule has 0 spiro atoms. The third-order valence-electron chi connectivity index (χ3n) is 2.87. The van der Waals surface area contributed by atoms with Crippen LogP contribution in [0.4, 0.5) is 0 Å². The molecule has 5 heteroatoms. The molecule has 0 aliphatic heterocycles. The van der Waals surface area contributed by atoms with Gasteiger partial charge >= 0.3 is 5.97 Å². The number of H-pyrrole nitrogens is 1. The van der Waals surface area contributed by atoms with Crippen LogP contribution >= 0.6 is 0 Å². The van der Waals surface area contributed by atoms with Gasteiger partial charge < -0.3 is 5.11 Å². The third kappa shape index (κ3) is 1.62. The number of carboxylic acids is 1. The number of aliphatic carboxylic acids is 1. The largest absolute Gasteiger partial charge is 0.481 e. The first-order valence-corrected chi connectivity index (χ1v) is 4.87. The molecule has 14 heavy (non-hydrogen) atoms. The Balaban J connectivity index is 2.18. The second kappa shape index (κ2) is 3.77. The summed E-state index contributed by atoms with van der Waals surface area (Å²) in [5, 5.41) is 15.6. The maximum absolute atomic E-state index is 11.0. The van der Waals surface area contributed by atoms with Gasteiger partial charge in [-0.25, -0.2) is 4.98 Å². The number of hydrogen-bond acceptors (Lipinski definition) is 3. The number of carboxylic acid groups (broad SMARTS) is 1. The fraction of sp³-hybridized carbons (Fsp3) is 0.667. The quantitative estimate of drug-likeness (QED) is 0.742. The van der Waals surface area contributed by atoms with Crippen molar-refractivity contribution in [2.75, 3.05) is 0 Å². The van der Waals surface area contributed by atoms with Crippen molar-refractivity contribution >= 4 is 5.97 Å².